The first-order chi connectivity index (χ1) is 8.70. The first-order valence-electron chi connectivity index (χ1n) is 6.70. The van der Waals surface area contributed by atoms with Crippen molar-refractivity contribution in [2.45, 2.75) is 37.5 Å². The van der Waals surface area contributed by atoms with Crippen LogP contribution in [0.2, 0.25) is 0 Å². The molecule has 1 aliphatic heterocycles. The summed E-state index contributed by atoms with van der Waals surface area (Å²) in [5.74, 6) is 0. The molecule has 0 aromatic carbocycles. The molecule has 1 unspecified atom stereocenters. The zero-order valence-corrected chi connectivity index (χ0v) is 12.1. The van der Waals surface area contributed by atoms with Crippen LogP contribution in [0.3, 0.4) is 0 Å². The molecule has 0 spiro atoms. The van der Waals surface area contributed by atoms with Gasteiger partial charge in [0.05, 0.1) is 17.6 Å². The molecule has 100 valence electrons. The van der Waals surface area contributed by atoms with Crippen LogP contribution in [0.4, 0.5) is 5.69 Å². The molecule has 4 heteroatoms. The third kappa shape index (κ3) is 3.39. The maximum Gasteiger partial charge on any atom is 0.0569 e. The Morgan fingerprint density at radius 3 is 2.83 bits per heavy atom. The Labute approximate surface area is 114 Å². The fourth-order valence-corrected chi connectivity index (χ4v) is 3.16. The third-order valence-electron chi connectivity index (χ3n) is 3.61. The van der Waals surface area contributed by atoms with Gasteiger partial charge in [0.25, 0.3) is 0 Å². The van der Waals surface area contributed by atoms with Crippen LogP contribution >= 0.6 is 11.8 Å². The largest absolute Gasteiger partial charge is 0.370 e. The molecule has 3 nitrogen and oxygen atoms in total. The zero-order valence-electron chi connectivity index (χ0n) is 11.3. The summed E-state index contributed by atoms with van der Waals surface area (Å²) in [7, 11) is 0. The lowest BCUT2D eigenvalue weighted by Gasteiger charge is -2.22. The molecule has 1 aromatic heterocycles. The van der Waals surface area contributed by atoms with E-state index in [1.165, 1.54) is 24.9 Å². The second kappa shape index (κ2) is 6.43. The van der Waals surface area contributed by atoms with Crippen molar-refractivity contribution in [2.24, 2.45) is 5.73 Å². The minimum absolute atomic E-state index is 0.0176. The molecule has 0 bridgehead atoms. The zero-order chi connectivity index (χ0) is 13.0. The van der Waals surface area contributed by atoms with Gasteiger partial charge in [-0.25, -0.2) is 0 Å². The average Bonchev–Trinajstić information content (AvgIpc) is 2.64. The van der Waals surface area contributed by atoms with E-state index in [9.17, 15) is 0 Å². The van der Waals surface area contributed by atoms with E-state index < -0.39 is 0 Å². The summed E-state index contributed by atoms with van der Waals surface area (Å²) in [6.07, 6.45) is 8.08. The molecule has 1 aromatic rings. The van der Waals surface area contributed by atoms with E-state index >= 15 is 0 Å². The SMILES string of the molecule is CSC1CCCN(c2ccc([C@H](C)N)nc2)CC1. The number of hydrogen-bond acceptors (Lipinski definition) is 4. The van der Waals surface area contributed by atoms with Crippen LogP contribution in [-0.4, -0.2) is 29.6 Å². The van der Waals surface area contributed by atoms with Crippen LogP contribution in [0.5, 0.6) is 0 Å². The van der Waals surface area contributed by atoms with E-state index in [2.05, 4.69) is 28.3 Å². The molecule has 0 saturated carbocycles. The lowest BCUT2D eigenvalue weighted by Crippen LogP contribution is -2.24. The van der Waals surface area contributed by atoms with Gasteiger partial charge < -0.3 is 10.6 Å². The lowest BCUT2D eigenvalue weighted by molar-refractivity contribution is 0.745. The summed E-state index contributed by atoms with van der Waals surface area (Å²) < 4.78 is 0. The summed E-state index contributed by atoms with van der Waals surface area (Å²) in [5.41, 5.74) is 8.03. The van der Waals surface area contributed by atoms with Gasteiger partial charge in [-0.2, -0.15) is 11.8 Å². The van der Waals surface area contributed by atoms with Gasteiger partial charge in [0, 0.05) is 24.4 Å². The maximum atomic E-state index is 5.82. The van der Waals surface area contributed by atoms with E-state index in [0.717, 1.165) is 24.0 Å². The Bertz CT molecular complexity index is 364. The normalized spacial score (nSPS) is 22.6. The van der Waals surface area contributed by atoms with E-state index in [0.29, 0.717) is 0 Å². The Morgan fingerprint density at radius 1 is 1.39 bits per heavy atom. The highest BCUT2D eigenvalue weighted by Crippen LogP contribution is 2.24. The van der Waals surface area contributed by atoms with Crippen LogP contribution in [-0.2, 0) is 0 Å². The number of nitrogens with two attached hydrogens (primary N) is 1. The first kappa shape index (κ1) is 13.7. The summed E-state index contributed by atoms with van der Waals surface area (Å²) in [4.78, 5) is 6.90. The highest BCUT2D eigenvalue weighted by atomic mass is 32.2. The number of rotatable bonds is 3. The van der Waals surface area contributed by atoms with Crippen LogP contribution in [0.1, 0.15) is 37.9 Å². The molecule has 1 aliphatic rings. The van der Waals surface area contributed by atoms with Crippen LogP contribution in [0.15, 0.2) is 18.3 Å². The summed E-state index contributed by atoms with van der Waals surface area (Å²) in [6.45, 7) is 4.26. The fourth-order valence-electron chi connectivity index (χ4n) is 2.41. The van der Waals surface area contributed by atoms with Crippen molar-refractivity contribution in [1.82, 2.24) is 4.98 Å². The Hall–Kier alpha value is -0.740. The number of hydrogen-bond donors (Lipinski definition) is 1. The molecule has 18 heavy (non-hydrogen) atoms. The van der Waals surface area contributed by atoms with E-state index in [1.807, 2.05) is 24.9 Å². The summed E-state index contributed by atoms with van der Waals surface area (Å²) >= 11 is 2.00. The molecule has 1 fully saturated rings. The van der Waals surface area contributed by atoms with Gasteiger partial charge in [0.1, 0.15) is 0 Å². The lowest BCUT2D eigenvalue weighted by atomic mass is 10.2. The van der Waals surface area contributed by atoms with E-state index in [1.54, 1.807) is 0 Å². The second-order valence-corrected chi connectivity index (χ2v) is 6.14. The van der Waals surface area contributed by atoms with Crippen LogP contribution in [0, 0.1) is 0 Å². The molecule has 0 radical (unpaired) electrons. The fraction of sp³-hybridized carbons (Fsp3) is 0.643. The van der Waals surface area contributed by atoms with Crippen molar-refractivity contribution in [2.75, 3.05) is 24.2 Å². The van der Waals surface area contributed by atoms with Crippen molar-refractivity contribution in [1.29, 1.82) is 0 Å². The van der Waals surface area contributed by atoms with Crippen molar-refractivity contribution < 1.29 is 0 Å². The Kier molecular flexibility index (Phi) is 4.89. The first-order valence-corrected chi connectivity index (χ1v) is 7.98. The summed E-state index contributed by atoms with van der Waals surface area (Å²) in [5, 5.41) is 0.825. The van der Waals surface area contributed by atoms with Gasteiger partial charge in [0.15, 0.2) is 0 Å². The van der Waals surface area contributed by atoms with Crippen LogP contribution < -0.4 is 10.6 Å². The number of aromatic nitrogens is 1. The monoisotopic (exact) mass is 265 g/mol. The predicted molar refractivity (Wildman–Crippen MR) is 80.2 cm³/mol. The maximum absolute atomic E-state index is 5.82. The average molecular weight is 265 g/mol. The minimum Gasteiger partial charge on any atom is -0.370 e. The Morgan fingerprint density at radius 2 is 2.22 bits per heavy atom. The van der Waals surface area contributed by atoms with Gasteiger partial charge in [0.2, 0.25) is 0 Å². The molecular weight excluding hydrogens is 242 g/mol. The third-order valence-corrected chi connectivity index (χ3v) is 4.75. The predicted octanol–water partition coefficient (Wildman–Crippen LogP) is 2.82. The minimum atomic E-state index is 0.0176. The molecule has 1 saturated heterocycles. The van der Waals surface area contributed by atoms with Gasteiger partial charge >= 0.3 is 0 Å². The Balaban J connectivity index is 2.02. The van der Waals surface area contributed by atoms with Crippen LogP contribution in [0.25, 0.3) is 0 Å². The van der Waals surface area contributed by atoms with Crippen molar-refractivity contribution >= 4 is 17.4 Å². The number of pyridine rings is 1. The van der Waals surface area contributed by atoms with Gasteiger partial charge in [-0.15, -0.1) is 0 Å². The highest BCUT2D eigenvalue weighted by molar-refractivity contribution is 7.99. The van der Waals surface area contributed by atoms with Gasteiger partial charge in [-0.05, 0) is 44.6 Å². The number of anilines is 1. The smallest absolute Gasteiger partial charge is 0.0569 e. The van der Waals surface area contributed by atoms with E-state index in [4.69, 9.17) is 5.73 Å². The number of thioether (sulfide) groups is 1. The standard InChI is InChI=1S/C14H23N3S/c1-11(15)14-6-5-12(10-16-14)17-8-3-4-13(18-2)7-9-17/h5-6,10-11,13H,3-4,7-9,15H2,1-2H3/t11-,13?/m0/s1. The second-order valence-electron chi connectivity index (χ2n) is 5.01. The van der Waals surface area contributed by atoms with E-state index in [-0.39, 0.29) is 6.04 Å². The van der Waals surface area contributed by atoms with Gasteiger partial charge in [-0.3, -0.25) is 4.98 Å². The molecule has 2 rings (SSSR count). The molecular formula is C14H23N3S. The summed E-state index contributed by atoms with van der Waals surface area (Å²) in [6, 6.07) is 4.23. The van der Waals surface area contributed by atoms with Crippen molar-refractivity contribution in [3.8, 4) is 0 Å². The number of nitrogens with zero attached hydrogens (tertiary/aromatic N) is 2. The van der Waals surface area contributed by atoms with Gasteiger partial charge in [-0.1, -0.05) is 0 Å². The highest BCUT2D eigenvalue weighted by Gasteiger charge is 2.16. The van der Waals surface area contributed by atoms with Crippen molar-refractivity contribution in [3.05, 3.63) is 24.0 Å². The molecule has 2 heterocycles. The molecule has 0 aliphatic carbocycles. The molecule has 2 atom stereocenters. The van der Waals surface area contributed by atoms with Crippen molar-refractivity contribution in [3.63, 3.8) is 0 Å². The molecule has 2 N–H and O–H groups in total. The quantitative estimate of drug-likeness (QED) is 0.912. The topological polar surface area (TPSA) is 42.1 Å². The molecule has 0 amide bonds.